The summed E-state index contributed by atoms with van der Waals surface area (Å²) in [7, 11) is 0. The fourth-order valence-electron chi connectivity index (χ4n) is 1.90. The lowest BCUT2D eigenvalue weighted by Gasteiger charge is -2.26. The van der Waals surface area contributed by atoms with Crippen LogP contribution in [0.1, 0.15) is 51.7 Å². The van der Waals surface area contributed by atoms with Gasteiger partial charge in [0.15, 0.2) is 0 Å². The van der Waals surface area contributed by atoms with Gasteiger partial charge in [0.05, 0.1) is 0 Å². The zero-order valence-electron chi connectivity index (χ0n) is 13.9. The van der Waals surface area contributed by atoms with E-state index in [1.54, 1.807) is 20.8 Å². The first-order chi connectivity index (χ1) is 10.1. The van der Waals surface area contributed by atoms with E-state index in [4.69, 9.17) is 9.84 Å². The van der Waals surface area contributed by atoms with Gasteiger partial charge in [0, 0.05) is 6.54 Å². The Kier molecular flexibility index (Phi) is 5.97. The second kappa shape index (κ2) is 7.29. The van der Waals surface area contributed by atoms with Crippen LogP contribution >= 0.6 is 0 Å². The van der Waals surface area contributed by atoms with E-state index in [2.05, 4.69) is 13.8 Å². The molecule has 0 spiro atoms. The summed E-state index contributed by atoms with van der Waals surface area (Å²) in [5, 5.41) is 8.98. The van der Waals surface area contributed by atoms with E-state index < -0.39 is 17.7 Å². The van der Waals surface area contributed by atoms with Crippen LogP contribution in [0.4, 0.5) is 4.79 Å². The number of amides is 1. The Morgan fingerprint density at radius 3 is 2.14 bits per heavy atom. The van der Waals surface area contributed by atoms with Gasteiger partial charge in [-0.25, -0.2) is 4.79 Å². The normalized spacial score (nSPS) is 11.4. The van der Waals surface area contributed by atoms with E-state index in [-0.39, 0.29) is 13.1 Å². The van der Waals surface area contributed by atoms with Gasteiger partial charge >= 0.3 is 12.1 Å². The van der Waals surface area contributed by atoms with Crippen LogP contribution in [-0.2, 0) is 16.1 Å². The zero-order chi connectivity index (χ0) is 16.9. The molecule has 0 aliphatic heterocycles. The minimum Gasteiger partial charge on any atom is -0.480 e. The fraction of sp³-hybridized carbons (Fsp3) is 0.529. The lowest BCUT2D eigenvalue weighted by Crippen LogP contribution is -2.39. The third-order valence-electron chi connectivity index (χ3n) is 3.00. The second-order valence-electron chi connectivity index (χ2n) is 6.63. The Labute approximate surface area is 131 Å². The Hall–Kier alpha value is -2.04. The van der Waals surface area contributed by atoms with E-state index in [0.29, 0.717) is 5.92 Å². The number of carbonyl (C=O) groups is 2. The molecule has 0 heterocycles. The Morgan fingerprint density at radius 1 is 1.18 bits per heavy atom. The van der Waals surface area contributed by atoms with Gasteiger partial charge in [-0.3, -0.25) is 9.69 Å². The molecule has 0 saturated carbocycles. The number of benzene rings is 1. The van der Waals surface area contributed by atoms with Gasteiger partial charge in [0.25, 0.3) is 0 Å². The highest BCUT2D eigenvalue weighted by Gasteiger charge is 2.24. The molecule has 0 unspecified atom stereocenters. The highest BCUT2D eigenvalue weighted by molar-refractivity contribution is 5.76. The fourth-order valence-corrected chi connectivity index (χ4v) is 1.90. The molecule has 1 N–H and O–H groups in total. The predicted molar refractivity (Wildman–Crippen MR) is 84.8 cm³/mol. The highest BCUT2D eigenvalue weighted by atomic mass is 16.6. The van der Waals surface area contributed by atoms with Gasteiger partial charge in [-0.15, -0.1) is 0 Å². The summed E-state index contributed by atoms with van der Waals surface area (Å²) in [4.78, 5) is 24.3. The molecule has 0 saturated heterocycles. The zero-order valence-corrected chi connectivity index (χ0v) is 13.9. The van der Waals surface area contributed by atoms with Gasteiger partial charge in [-0.05, 0) is 37.8 Å². The second-order valence-corrected chi connectivity index (χ2v) is 6.63. The number of carbonyl (C=O) groups excluding carboxylic acids is 1. The van der Waals surface area contributed by atoms with Gasteiger partial charge in [0.2, 0.25) is 0 Å². The Balaban J connectivity index is 2.84. The number of carboxylic acid groups (broad SMARTS) is 1. The number of hydrogen-bond acceptors (Lipinski definition) is 3. The maximum atomic E-state index is 12.1. The lowest BCUT2D eigenvalue weighted by atomic mass is 10.0. The predicted octanol–water partition coefficient (Wildman–Crippen LogP) is 3.63. The molecule has 0 aliphatic carbocycles. The van der Waals surface area contributed by atoms with E-state index in [1.165, 1.54) is 10.5 Å². The molecule has 0 aliphatic rings. The molecule has 5 nitrogen and oxygen atoms in total. The monoisotopic (exact) mass is 307 g/mol. The van der Waals surface area contributed by atoms with Gasteiger partial charge in [-0.2, -0.15) is 0 Å². The highest BCUT2D eigenvalue weighted by Crippen LogP contribution is 2.17. The molecule has 0 radical (unpaired) electrons. The minimum atomic E-state index is -1.07. The van der Waals surface area contributed by atoms with E-state index in [9.17, 15) is 9.59 Å². The standard InChI is InChI=1S/C17H25NO4/c1-12(2)14-8-6-13(7-9-14)10-18(11-15(19)20)16(21)22-17(3,4)5/h6-9,12H,10-11H2,1-5H3,(H,19,20). The van der Waals surface area contributed by atoms with Crippen molar-refractivity contribution in [2.45, 2.75) is 52.7 Å². The summed E-state index contributed by atoms with van der Waals surface area (Å²) in [6.07, 6.45) is -0.622. The number of ether oxygens (including phenoxy) is 1. The largest absolute Gasteiger partial charge is 0.480 e. The Morgan fingerprint density at radius 2 is 1.73 bits per heavy atom. The molecule has 1 rings (SSSR count). The smallest absolute Gasteiger partial charge is 0.411 e. The van der Waals surface area contributed by atoms with Crippen LogP contribution in [0.5, 0.6) is 0 Å². The van der Waals surface area contributed by atoms with E-state index in [0.717, 1.165) is 5.56 Å². The van der Waals surface area contributed by atoms with Gasteiger partial charge < -0.3 is 9.84 Å². The molecule has 1 aromatic rings. The lowest BCUT2D eigenvalue weighted by molar-refractivity contribution is -0.138. The van der Waals surface area contributed by atoms with Crippen molar-refractivity contribution in [3.05, 3.63) is 35.4 Å². The van der Waals surface area contributed by atoms with Crippen LogP contribution in [-0.4, -0.2) is 34.2 Å². The molecule has 1 aromatic carbocycles. The molecule has 0 aromatic heterocycles. The van der Waals surface area contributed by atoms with Crippen LogP contribution in [0.2, 0.25) is 0 Å². The van der Waals surface area contributed by atoms with Crippen molar-refractivity contribution in [3.8, 4) is 0 Å². The van der Waals surface area contributed by atoms with E-state index >= 15 is 0 Å². The summed E-state index contributed by atoms with van der Waals surface area (Å²) in [6.45, 7) is 9.28. The number of aliphatic carboxylic acids is 1. The SMILES string of the molecule is CC(C)c1ccc(CN(CC(=O)O)C(=O)OC(C)(C)C)cc1. The van der Waals surface area contributed by atoms with Crippen molar-refractivity contribution in [1.82, 2.24) is 4.90 Å². The average Bonchev–Trinajstić information content (AvgIpc) is 2.36. The summed E-state index contributed by atoms with van der Waals surface area (Å²) in [5.74, 6) is -0.639. The Bertz CT molecular complexity index is 514. The van der Waals surface area contributed by atoms with Crippen molar-refractivity contribution >= 4 is 12.1 Å². The molecular weight excluding hydrogens is 282 g/mol. The van der Waals surface area contributed by atoms with Gasteiger partial charge in [0.1, 0.15) is 12.1 Å². The number of hydrogen-bond donors (Lipinski definition) is 1. The van der Waals surface area contributed by atoms with Gasteiger partial charge in [-0.1, -0.05) is 38.1 Å². The number of nitrogens with zero attached hydrogens (tertiary/aromatic N) is 1. The number of carboxylic acids is 1. The molecule has 0 fully saturated rings. The molecule has 0 bridgehead atoms. The van der Waals surface area contributed by atoms with Crippen LogP contribution < -0.4 is 0 Å². The summed E-state index contributed by atoms with van der Waals surface area (Å²) in [5.41, 5.74) is 1.41. The average molecular weight is 307 g/mol. The number of rotatable bonds is 5. The van der Waals surface area contributed by atoms with E-state index in [1.807, 2.05) is 24.3 Å². The maximum Gasteiger partial charge on any atom is 0.411 e. The molecule has 0 atom stereocenters. The van der Waals surface area contributed by atoms with Crippen molar-refractivity contribution in [1.29, 1.82) is 0 Å². The van der Waals surface area contributed by atoms with Crippen molar-refractivity contribution in [2.75, 3.05) is 6.54 Å². The maximum absolute atomic E-state index is 12.1. The van der Waals surface area contributed by atoms with Crippen molar-refractivity contribution in [3.63, 3.8) is 0 Å². The molecular formula is C17H25NO4. The molecule has 122 valence electrons. The molecule has 1 amide bonds. The first-order valence-electron chi connectivity index (χ1n) is 7.37. The summed E-state index contributed by atoms with van der Waals surface area (Å²) in [6, 6.07) is 7.81. The van der Waals surface area contributed by atoms with Crippen molar-refractivity contribution < 1.29 is 19.4 Å². The third-order valence-corrected chi connectivity index (χ3v) is 3.00. The van der Waals surface area contributed by atoms with Crippen LogP contribution in [0, 0.1) is 0 Å². The third kappa shape index (κ3) is 6.16. The molecule has 22 heavy (non-hydrogen) atoms. The summed E-state index contributed by atoms with van der Waals surface area (Å²) >= 11 is 0. The molecule has 5 heteroatoms. The quantitative estimate of drug-likeness (QED) is 0.902. The summed E-state index contributed by atoms with van der Waals surface area (Å²) < 4.78 is 5.26. The van der Waals surface area contributed by atoms with Crippen LogP contribution in [0.25, 0.3) is 0 Å². The first kappa shape index (κ1) is 18.0. The van der Waals surface area contributed by atoms with Crippen molar-refractivity contribution in [2.24, 2.45) is 0 Å². The minimum absolute atomic E-state index is 0.208. The first-order valence-corrected chi connectivity index (χ1v) is 7.37. The van der Waals surface area contributed by atoms with Crippen LogP contribution in [0.15, 0.2) is 24.3 Å². The topological polar surface area (TPSA) is 66.8 Å². The van der Waals surface area contributed by atoms with Crippen LogP contribution in [0.3, 0.4) is 0 Å².